The van der Waals surface area contributed by atoms with Crippen molar-refractivity contribution in [2.24, 2.45) is 28.6 Å². The molecule has 0 aliphatic heterocycles. The van der Waals surface area contributed by atoms with E-state index in [4.69, 9.17) is 35.4 Å². The molecule has 5 fully saturated rings. The Morgan fingerprint density at radius 2 is 1.79 bits per heavy atom. The minimum absolute atomic E-state index is 0.447. The first kappa shape index (κ1) is 19.5. The van der Waals surface area contributed by atoms with Crippen LogP contribution in [0.5, 0.6) is 0 Å². The maximum atomic E-state index is 6.29. The summed E-state index contributed by atoms with van der Waals surface area (Å²) in [6.45, 7) is 1.01. The van der Waals surface area contributed by atoms with Crippen molar-refractivity contribution in [2.75, 3.05) is 11.9 Å². The quantitative estimate of drug-likeness (QED) is 0.493. The van der Waals surface area contributed by atoms with Crippen molar-refractivity contribution in [1.29, 1.82) is 0 Å². The van der Waals surface area contributed by atoms with Crippen LogP contribution >= 0.6 is 35.4 Å². The summed E-state index contributed by atoms with van der Waals surface area (Å²) in [5, 5.41) is 8.75. The molecule has 152 valence electrons. The summed E-state index contributed by atoms with van der Waals surface area (Å²) < 4.78 is 0. The molecule has 4 bridgehead atoms. The molecular weight excluding hydrogens is 407 g/mol. The van der Waals surface area contributed by atoms with Crippen molar-refractivity contribution in [1.82, 2.24) is 5.32 Å². The van der Waals surface area contributed by atoms with Gasteiger partial charge in [-0.3, -0.25) is 0 Å². The van der Waals surface area contributed by atoms with Gasteiger partial charge in [-0.1, -0.05) is 36.0 Å². The first-order valence-electron chi connectivity index (χ1n) is 11.0. The van der Waals surface area contributed by atoms with E-state index < -0.39 is 0 Å². The molecule has 6 rings (SSSR count). The third-order valence-corrected chi connectivity index (χ3v) is 9.05. The highest BCUT2D eigenvalue weighted by Gasteiger charge is 2.59. The number of hydrogen-bond acceptors (Lipinski definition) is 1. The lowest BCUT2D eigenvalue weighted by Crippen LogP contribution is -2.57. The van der Waals surface area contributed by atoms with Crippen LogP contribution in [0.15, 0.2) is 18.2 Å². The van der Waals surface area contributed by atoms with Gasteiger partial charge in [0.2, 0.25) is 0 Å². The van der Waals surface area contributed by atoms with E-state index in [-0.39, 0.29) is 0 Å². The Labute approximate surface area is 184 Å². The molecular formula is C23H30Cl2N2S. The molecule has 0 spiro atoms. The largest absolute Gasteiger partial charge is 0.362 e. The molecule has 5 aliphatic carbocycles. The molecule has 5 aliphatic rings. The Morgan fingerprint density at radius 1 is 1.07 bits per heavy atom. The molecule has 2 atom stereocenters. The van der Waals surface area contributed by atoms with E-state index in [0.717, 1.165) is 30.0 Å². The Morgan fingerprint density at radius 3 is 2.46 bits per heavy atom. The SMILES string of the molecule is S=C(NCC12CC3CC(C1)CC(C1CCCC1)(C3)C2)Nc1ccc(Cl)cc1Cl. The van der Waals surface area contributed by atoms with Crippen LogP contribution < -0.4 is 10.6 Å². The Kier molecular flexibility index (Phi) is 5.09. The number of nitrogens with one attached hydrogen (secondary N) is 2. The van der Waals surface area contributed by atoms with E-state index in [1.807, 2.05) is 12.1 Å². The second-order valence-corrected chi connectivity index (χ2v) is 11.5. The molecule has 2 unspecified atom stereocenters. The zero-order valence-corrected chi connectivity index (χ0v) is 18.7. The van der Waals surface area contributed by atoms with E-state index in [2.05, 4.69) is 10.6 Å². The fourth-order valence-corrected chi connectivity index (χ4v) is 8.41. The van der Waals surface area contributed by atoms with Crippen LogP contribution in [0.1, 0.15) is 64.2 Å². The molecule has 0 aromatic heterocycles. The maximum Gasteiger partial charge on any atom is 0.170 e. The number of rotatable bonds is 4. The fraction of sp³-hybridized carbons (Fsp3) is 0.696. The molecule has 0 amide bonds. The van der Waals surface area contributed by atoms with Gasteiger partial charge in [0.1, 0.15) is 0 Å². The zero-order valence-electron chi connectivity index (χ0n) is 16.4. The Balaban J connectivity index is 1.26. The number of benzene rings is 1. The van der Waals surface area contributed by atoms with Crippen molar-refractivity contribution in [3.63, 3.8) is 0 Å². The number of hydrogen-bond donors (Lipinski definition) is 2. The Hall–Kier alpha value is -0.510. The summed E-state index contributed by atoms with van der Waals surface area (Å²) in [5.41, 5.74) is 1.91. The van der Waals surface area contributed by atoms with Crippen LogP contribution in [0, 0.1) is 28.6 Å². The van der Waals surface area contributed by atoms with Gasteiger partial charge in [0.15, 0.2) is 5.11 Å². The highest BCUT2D eigenvalue weighted by Crippen LogP contribution is 2.68. The molecule has 0 saturated heterocycles. The van der Waals surface area contributed by atoms with E-state index in [9.17, 15) is 0 Å². The van der Waals surface area contributed by atoms with Crippen molar-refractivity contribution in [2.45, 2.75) is 64.2 Å². The lowest BCUT2D eigenvalue weighted by Gasteiger charge is -2.64. The standard InChI is InChI=1S/C23H30Cl2N2S/c24-18-5-6-20(19(25)8-18)27-21(28)26-14-22-9-15-7-16(10-22)12-23(11-15,13-22)17-3-1-2-4-17/h5-6,8,15-17H,1-4,7,9-14H2,(H2,26,27,28). The predicted molar refractivity (Wildman–Crippen MR) is 122 cm³/mol. The third-order valence-electron chi connectivity index (χ3n) is 8.25. The molecule has 2 N–H and O–H groups in total. The molecule has 0 radical (unpaired) electrons. The smallest absolute Gasteiger partial charge is 0.170 e. The van der Waals surface area contributed by atoms with Gasteiger partial charge >= 0.3 is 0 Å². The van der Waals surface area contributed by atoms with Crippen LogP contribution in [0.25, 0.3) is 0 Å². The van der Waals surface area contributed by atoms with E-state index in [0.29, 0.717) is 26.0 Å². The highest BCUT2D eigenvalue weighted by molar-refractivity contribution is 7.80. The fourth-order valence-electron chi connectivity index (χ4n) is 7.77. The van der Waals surface area contributed by atoms with Crippen molar-refractivity contribution in [3.8, 4) is 0 Å². The highest BCUT2D eigenvalue weighted by atomic mass is 35.5. The van der Waals surface area contributed by atoms with Gasteiger partial charge in [-0.25, -0.2) is 0 Å². The average Bonchev–Trinajstić information content (AvgIpc) is 3.17. The maximum absolute atomic E-state index is 6.29. The topological polar surface area (TPSA) is 24.1 Å². The first-order chi connectivity index (χ1) is 13.5. The molecule has 2 nitrogen and oxygen atoms in total. The monoisotopic (exact) mass is 436 g/mol. The second-order valence-electron chi connectivity index (χ2n) is 10.2. The molecule has 28 heavy (non-hydrogen) atoms. The van der Waals surface area contributed by atoms with Gasteiger partial charge in [-0.15, -0.1) is 0 Å². The summed E-state index contributed by atoms with van der Waals surface area (Å²) in [7, 11) is 0. The summed E-state index contributed by atoms with van der Waals surface area (Å²) in [4.78, 5) is 0. The van der Waals surface area contributed by atoms with E-state index in [1.54, 1.807) is 6.07 Å². The predicted octanol–water partition coefficient (Wildman–Crippen LogP) is 7.06. The van der Waals surface area contributed by atoms with E-state index in [1.165, 1.54) is 64.2 Å². The van der Waals surface area contributed by atoms with Gasteiger partial charge in [0.05, 0.1) is 10.7 Å². The molecule has 1 aromatic rings. The first-order valence-corrected chi connectivity index (χ1v) is 12.1. The zero-order chi connectivity index (χ0) is 19.4. The summed E-state index contributed by atoms with van der Waals surface area (Å²) >= 11 is 17.9. The summed E-state index contributed by atoms with van der Waals surface area (Å²) in [6, 6.07) is 5.47. The van der Waals surface area contributed by atoms with Crippen LogP contribution in [0.4, 0.5) is 5.69 Å². The van der Waals surface area contributed by atoms with E-state index >= 15 is 0 Å². The summed E-state index contributed by atoms with van der Waals surface area (Å²) in [6.07, 6.45) is 14.6. The third kappa shape index (κ3) is 3.56. The second kappa shape index (κ2) is 7.32. The average molecular weight is 437 g/mol. The lowest BCUT2D eigenvalue weighted by atomic mass is 9.41. The van der Waals surface area contributed by atoms with Crippen LogP contribution in [0.2, 0.25) is 10.0 Å². The van der Waals surface area contributed by atoms with Gasteiger partial charge < -0.3 is 10.6 Å². The number of thiocarbonyl (C=S) groups is 1. The van der Waals surface area contributed by atoms with Gasteiger partial charge in [-0.05, 0) is 110 Å². The van der Waals surface area contributed by atoms with Crippen molar-refractivity contribution in [3.05, 3.63) is 28.2 Å². The minimum Gasteiger partial charge on any atom is -0.362 e. The van der Waals surface area contributed by atoms with Gasteiger partial charge in [-0.2, -0.15) is 0 Å². The molecule has 5 saturated carbocycles. The van der Waals surface area contributed by atoms with Crippen molar-refractivity contribution >= 4 is 46.2 Å². The lowest BCUT2D eigenvalue weighted by molar-refractivity contribution is -0.133. The molecule has 0 heterocycles. The number of anilines is 1. The van der Waals surface area contributed by atoms with Crippen LogP contribution in [0.3, 0.4) is 0 Å². The normalized spacial score (nSPS) is 36.6. The number of halogens is 2. The minimum atomic E-state index is 0.447. The molecule has 1 aromatic carbocycles. The Bertz CT molecular complexity index is 760. The van der Waals surface area contributed by atoms with Crippen LogP contribution in [-0.2, 0) is 0 Å². The van der Waals surface area contributed by atoms with Crippen molar-refractivity contribution < 1.29 is 0 Å². The molecule has 5 heteroatoms. The van der Waals surface area contributed by atoms with Crippen LogP contribution in [-0.4, -0.2) is 11.7 Å². The van der Waals surface area contributed by atoms with Gasteiger partial charge in [0.25, 0.3) is 0 Å². The van der Waals surface area contributed by atoms with Gasteiger partial charge in [0, 0.05) is 11.6 Å². The summed E-state index contributed by atoms with van der Waals surface area (Å²) in [5.74, 6) is 2.91.